The molecule has 0 saturated carbocycles. The van der Waals surface area contributed by atoms with Crippen LogP contribution in [0.3, 0.4) is 0 Å². The first-order valence-electron chi connectivity index (χ1n) is 11.8. The van der Waals surface area contributed by atoms with Crippen molar-refractivity contribution in [2.75, 3.05) is 13.2 Å². The van der Waals surface area contributed by atoms with Gasteiger partial charge in [0.2, 0.25) is 0 Å². The molecular formula is C29H30F3N3. The minimum atomic E-state index is -0.573. The highest BCUT2D eigenvalue weighted by Crippen LogP contribution is 2.27. The van der Waals surface area contributed by atoms with Gasteiger partial charge in [0, 0.05) is 24.2 Å². The first-order chi connectivity index (χ1) is 16.9. The summed E-state index contributed by atoms with van der Waals surface area (Å²) in [5.74, 6) is -0.0868. The van der Waals surface area contributed by atoms with Crippen LogP contribution in [-0.2, 0) is 12.1 Å². The second-order valence-electron chi connectivity index (χ2n) is 9.32. The Morgan fingerprint density at radius 1 is 0.914 bits per heavy atom. The van der Waals surface area contributed by atoms with Crippen LogP contribution in [0.2, 0.25) is 0 Å². The van der Waals surface area contributed by atoms with Crippen LogP contribution in [0.5, 0.6) is 0 Å². The van der Waals surface area contributed by atoms with E-state index in [4.69, 9.17) is 4.98 Å². The molecule has 4 rings (SSSR count). The van der Waals surface area contributed by atoms with Crippen molar-refractivity contribution in [3.63, 3.8) is 0 Å². The molecule has 0 aliphatic heterocycles. The molecule has 0 aliphatic carbocycles. The molecule has 4 aromatic rings. The Balaban J connectivity index is 1.58. The minimum Gasteiger partial charge on any atom is -0.328 e. The Hall–Kier alpha value is -3.38. The maximum absolute atomic E-state index is 13.9. The maximum atomic E-state index is 13.9. The maximum Gasteiger partial charge on any atom is 0.129 e. The van der Waals surface area contributed by atoms with Gasteiger partial charge in [-0.05, 0) is 62.2 Å². The van der Waals surface area contributed by atoms with E-state index in [2.05, 4.69) is 5.32 Å². The number of aromatic nitrogens is 2. The standard InChI is InChI=1S/C29H30F3N3/c1-29(2,33-15-14-24(18-30)22-9-4-3-5-10-22)28-34-27(23-11-7-13-26(32)17-23)20-35(28)19-21-8-6-12-25(31)16-21/h3-13,16-17,20,24,33H,14-15,18-19H2,1-2H3/t24-/m1/s1. The van der Waals surface area contributed by atoms with Gasteiger partial charge >= 0.3 is 0 Å². The van der Waals surface area contributed by atoms with E-state index >= 15 is 0 Å². The van der Waals surface area contributed by atoms with E-state index in [1.807, 2.05) is 67.1 Å². The molecule has 0 amide bonds. The predicted octanol–water partition coefficient (Wildman–Crippen LogP) is 6.84. The third-order valence-electron chi connectivity index (χ3n) is 6.21. The van der Waals surface area contributed by atoms with E-state index in [1.54, 1.807) is 12.1 Å². The Labute approximate surface area is 204 Å². The van der Waals surface area contributed by atoms with Crippen molar-refractivity contribution < 1.29 is 13.2 Å². The fraction of sp³-hybridized carbons (Fsp3) is 0.276. The summed E-state index contributed by atoms with van der Waals surface area (Å²) in [6, 6.07) is 22.4. The normalized spacial score (nSPS) is 12.6. The Morgan fingerprint density at radius 2 is 1.63 bits per heavy atom. The van der Waals surface area contributed by atoms with Gasteiger partial charge in [-0.2, -0.15) is 0 Å². The van der Waals surface area contributed by atoms with Crippen LogP contribution in [0.25, 0.3) is 11.3 Å². The molecule has 0 unspecified atom stereocenters. The van der Waals surface area contributed by atoms with E-state index in [1.165, 1.54) is 24.3 Å². The molecular weight excluding hydrogens is 447 g/mol. The molecule has 1 atom stereocenters. The Morgan fingerprint density at radius 3 is 2.31 bits per heavy atom. The number of hydrogen-bond acceptors (Lipinski definition) is 2. The number of benzene rings is 3. The Kier molecular flexibility index (Phi) is 7.71. The molecule has 1 N–H and O–H groups in total. The van der Waals surface area contributed by atoms with Crippen molar-refractivity contribution in [2.24, 2.45) is 0 Å². The summed E-state index contributed by atoms with van der Waals surface area (Å²) >= 11 is 0. The van der Waals surface area contributed by atoms with Crippen LogP contribution in [0.1, 0.15) is 43.1 Å². The zero-order chi connectivity index (χ0) is 24.8. The van der Waals surface area contributed by atoms with Gasteiger partial charge in [0.1, 0.15) is 17.5 Å². The summed E-state index contributed by atoms with van der Waals surface area (Å²) in [4.78, 5) is 4.85. The lowest BCUT2D eigenvalue weighted by atomic mass is 9.96. The van der Waals surface area contributed by atoms with Crippen LogP contribution in [-0.4, -0.2) is 22.8 Å². The number of halogens is 3. The first-order valence-corrected chi connectivity index (χ1v) is 11.8. The van der Waals surface area contributed by atoms with Gasteiger partial charge in [-0.1, -0.05) is 54.6 Å². The van der Waals surface area contributed by atoms with Crippen molar-refractivity contribution in [3.05, 3.63) is 114 Å². The summed E-state index contributed by atoms with van der Waals surface area (Å²) in [7, 11) is 0. The zero-order valence-corrected chi connectivity index (χ0v) is 20.0. The predicted molar refractivity (Wildman–Crippen MR) is 134 cm³/mol. The van der Waals surface area contributed by atoms with Crippen LogP contribution >= 0.6 is 0 Å². The molecule has 3 aromatic carbocycles. The monoisotopic (exact) mass is 477 g/mol. The second-order valence-corrected chi connectivity index (χ2v) is 9.32. The van der Waals surface area contributed by atoms with E-state index in [9.17, 15) is 13.2 Å². The summed E-state index contributed by atoms with van der Waals surface area (Å²) in [6.45, 7) is 4.60. The van der Waals surface area contributed by atoms with Crippen molar-refractivity contribution in [3.8, 4) is 11.3 Å². The molecule has 1 aromatic heterocycles. The van der Waals surface area contributed by atoms with Crippen LogP contribution < -0.4 is 5.32 Å². The third kappa shape index (κ3) is 6.20. The minimum absolute atomic E-state index is 0.186. The summed E-state index contributed by atoms with van der Waals surface area (Å²) in [6.07, 6.45) is 2.50. The van der Waals surface area contributed by atoms with Crippen molar-refractivity contribution in [1.29, 1.82) is 0 Å². The van der Waals surface area contributed by atoms with Crippen LogP contribution in [0, 0.1) is 11.6 Å². The van der Waals surface area contributed by atoms with E-state index < -0.39 is 12.2 Å². The molecule has 0 fully saturated rings. The average molecular weight is 478 g/mol. The van der Waals surface area contributed by atoms with E-state index in [-0.39, 0.29) is 17.6 Å². The molecule has 0 bridgehead atoms. The van der Waals surface area contributed by atoms with Crippen molar-refractivity contribution in [2.45, 2.75) is 38.3 Å². The molecule has 6 heteroatoms. The summed E-state index contributed by atoms with van der Waals surface area (Å²) < 4.78 is 43.4. The van der Waals surface area contributed by atoms with Gasteiger partial charge in [0.05, 0.1) is 17.9 Å². The lowest BCUT2D eigenvalue weighted by Gasteiger charge is -2.28. The average Bonchev–Trinajstić information content (AvgIpc) is 3.27. The number of alkyl halides is 1. The SMILES string of the molecule is CC(C)(NCC[C@H](CF)c1ccccc1)c1nc(-c2cccc(F)c2)cn1Cc1cccc(F)c1. The number of nitrogens with zero attached hydrogens (tertiary/aromatic N) is 2. The smallest absolute Gasteiger partial charge is 0.129 e. The third-order valence-corrected chi connectivity index (χ3v) is 6.21. The molecule has 0 spiro atoms. The highest BCUT2D eigenvalue weighted by atomic mass is 19.1. The van der Waals surface area contributed by atoms with Gasteiger partial charge in [-0.25, -0.2) is 13.8 Å². The second kappa shape index (κ2) is 10.9. The largest absolute Gasteiger partial charge is 0.328 e. The zero-order valence-electron chi connectivity index (χ0n) is 20.0. The van der Waals surface area contributed by atoms with Gasteiger partial charge in [0.25, 0.3) is 0 Å². The molecule has 3 nitrogen and oxygen atoms in total. The topological polar surface area (TPSA) is 29.9 Å². The lowest BCUT2D eigenvalue weighted by molar-refractivity contribution is 0.342. The fourth-order valence-electron chi connectivity index (χ4n) is 4.35. The molecule has 1 heterocycles. The Bertz CT molecular complexity index is 1250. The van der Waals surface area contributed by atoms with Gasteiger partial charge in [-0.3, -0.25) is 4.39 Å². The fourth-order valence-corrected chi connectivity index (χ4v) is 4.35. The van der Waals surface area contributed by atoms with Gasteiger partial charge in [-0.15, -0.1) is 0 Å². The van der Waals surface area contributed by atoms with E-state index in [0.717, 1.165) is 17.0 Å². The van der Waals surface area contributed by atoms with Gasteiger partial charge < -0.3 is 9.88 Å². The first kappa shape index (κ1) is 24.7. The molecule has 0 saturated heterocycles. The molecule has 0 aliphatic rings. The number of hydrogen-bond donors (Lipinski definition) is 1. The van der Waals surface area contributed by atoms with Crippen molar-refractivity contribution in [1.82, 2.24) is 14.9 Å². The van der Waals surface area contributed by atoms with Crippen molar-refractivity contribution >= 4 is 0 Å². The molecule has 0 radical (unpaired) electrons. The van der Waals surface area contributed by atoms with E-state index in [0.29, 0.717) is 30.8 Å². The highest BCUT2D eigenvalue weighted by molar-refractivity contribution is 5.59. The number of rotatable bonds is 10. The summed E-state index contributed by atoms with van der Waals surface area (Å²) in [5.41, 5.74) is 2.51. The van der Waals surface area contributed by atoms with Gasteiger partial charge in [0.15, 0.2) is 0 Å². The lowest BCUT2D eigenvalue weighted by Crippen LogP contribution is -2.40. The quantitative estimate of drug-likeness (QED) is 0.271. The molecule has 35 heavy (non-hydrogen) atoms. The number of nitrogens with one attached hydrogen (secondary N) is 1. The number of imidazole rings is 1. The highest BCUT2D eigenvalue weighted by Gasteiger charge is 2.27. The molecule has 182 valence electrons. The van der Waals surface area contributed by atoms with Crippen LogP contribution in [0.4, 0.5) is 13.2 Å². The summed E-state index contributed by atoms with van der Waals surface area (Å²) in [5, 5.41) is 3.53. The van der Waals surface area contributed by atoms with Crippen LogP contribution in [0.15, 0.2) is 85.1 Å².